The molecular formula is C16H17ClN2O2S. The maximum atomic E-state index is 12.6. The van der Waals surface area contributed by atoms with Gasteiger partial charge in [-0.25, -0.2) is 0 Å². The van der Waals surface area contributed by atoms with Gasteiger partial charge in [-0.1, -0.05) is 37.9 Å². The van der Waals surface area contributed by atoms with Gasteiger partial charge in [-0.3, -0.25) is 19.8 Å². The summed E-state index contributed by atoms with van der Waals surface area (Å²) in [5, 5.41) is 3.21. The highest BCUT2D eigenvalue weighted by atomic mass is 35.5. The molecule has 1 aromatic rings. The van der Waals surface area contributed by atoms with Gasteiger partial charge in [0, 0.05) is 5.02 Å². The number of anilines is 1. The summed E-state index contributed by atoms with van der Waals surface area (Å²) in [5.74, 6) is -0.436. The van der Waals surface area contributed by atoms with E-state index in [-0.39, 0.29) is 10.7 Å². The number of hydrogen-bond donors (Lipinski definition) is 1. The Morgan fingerprint density at radius 2 is 1.95 bits per heavy atom. The largest absolute Gasteiger partial charge is 0.298 e. The third-order valence-electron chi connectivity index (χ3n) is 3.61. The number of carbonyl (C=O) groups excluding carboxylic acids is 2. The number of rotatable bonds is 4. The molecule has 22 heavy (non-hydrogen) atoms. The van der Waals surface area contributed by atoms with Gasteiger partial charge in [-0.2, -0.15) is 0 Å². The third-order valence-corrected chi connectivity index (χ3v) is 4.14. The van der Waals surface area contributed by atoms with Crippen LogP contribution in [0.5, 0.6) is 0 Å². The van der Waals surface area contributed by atoms with E-state index in [1.54, 1.807) is 30.3 Å². The SMILES string of the molecule is CCC(C)C/C=C1/C(=O)NC(=S)N(c2ccc(Cl)cc2)C1=O. The zero-order chi connectivity index (χ0) is 16.3. The normalized spacial score (nSPS) is 18.6. The van der Waals surface area contributed by atoms with Gasteiger partial charge in [0.2, 0.25) is 0 Å². The van der Waals surface area contributed by atoms with Crippen molar-refractivity contribution in [2.45, 2.75) is 26.7 Å². The molecule has 1 aromatic carbocycles. The van der Waals surface area contributed by atoms with Crippen molar-refractivity contribution in [2.24, 2.45) is 5.92 Å². The van der Waals surface area contributed by atoms with Crippen molar-refractivity contribution in [1.82, 2.24) is 5.32 Å². The minimum absolute atomic E-state index is 0.0815. The average molecular weight is 337 g/mol. The highest BCUT2D eigenvalue weighted by Gasteiger charge is 2.34. The number of nitrogens with one attached hydrogen (secondary N) is 1. The van der Waals surface area contributed by atoms with Gasteiger partial charge in [0.05, 0.1) is 5.69 Å². The summed E-state index contributed by atoms with van der Waals surface area (Å²) in [7, 11) is 0. The predicted molar refractivity (Wildman–Crippen MR) is 91.8 cm³/mol. The van der Waals surface area contributed by atoms with Crippen molar-refractivity contribution < 1.29 is 9.59 Å². The van der Waals surface area contributed by atoms with E-state index < -0.39 is 11.8 Å². The number of amides is 2. The molecule has 1 fully saturated rings. The molecule has 0 aliphatic carbocycles. The van der Waals surface area contributed by atoms with Crippen LogP contribution in [0.2, 0.25) is 5.02 Å². The summed E-state index contributed by atoms with van der Waals surface area (Å²) < 4.78 is 0. The van der Waals surface area contributed by atoms with Gasteiger partial charge < -0.3 is 0 Å². The summed E-state index contributed by atoms with van der Waals surface area (Å²) in [6.07, 6.45) is 3.35. The zero-order valence-corrected chi connectivity index (χ0v) is 14.0. The van der Waals surface area contributed by atoms with Crippen LogP contribution in [0.4, 0.5) is 5.69 Å². The Kier molecular flexibility index (Phi) is 5.32. The summed E-state index contributed by atoms with van der Waals surface area (Å²) in [6.45, 7) is 4.14. The summed E-state index contributed by atoms with van der Waals surface area (Å²) in [4.78, 5) is 25.9. The van der Waals surface area contributed by atoms with E-state index in [0.717, 1.165) is 6.42 Å². The lowest BCUT2D eigenvalue weighted by atomic mass is 10.0. The molecule has 1 unspecified atom stereocenters. The Morgan fingerprint density at radius 3 is 2.55 bits per heavy atom. The van der Waals surface area contributed by atoms with E-state index >= 15 is 0 Å². The average Bonchev–Trinajstić information content (AvgIpc) is 2.48. The van der Waals surface area contributed by atoms with Crippen LogP contribution in [0.3, 0.4) is 0 Å². The molecule has 1 heterocycles. The molecule has 6 heteroatoms. The van der Waals surface area contributed by atoms with Crippen LogP contribution in [0.15, 0.2) is 35.9 Å². The fourth-order valence-electron chi connectivity index (χ4n) is 2.02. The van der Waals surface area contributed by atoms with E-state index in [0.29, 0.717) is 23.0 Å². The first-order valence-corrected chi connectivity index (χ1v) is 7.88. The Morgan fingerprint density at radius 1 is 1.32 bits per heavy atom. The summed E-state index contributed by atoms with van der Waals surface area (Å²) in [5.41, 5.74) is 0.706. The molecule has 1 N–H and O–H groups in total. The molecule has 0 radical (unpaired) electrons. The van der Waals surface area contributed by atoms with Gasteiger partial charge in [-0.15, -0.1) is 0 Å². The predicted octanol–water partition coefficient (Wildman–Crippen LogP) is 3.45. The molecule has 4 nitrogen and oxygen atoms in total. The lowest BCUT2D eigenvalue weighted by Crippen LogP contribution is -2.54. The van der Waals surface area contributed by atoms with Crippen molar-refractivity contribution in [3.05, 3.63) is 40.9 Å². The molecule has 2 rings (SSSR count). The highest BCUT2D eigenvalue weighted by molar-refractivity contribution is 7.80. The molecule has 1 aliphatic heterocycles. The van der Waals surface area contributed by atoms with E-state index in [1.165, 1.54) is 4.90 Å². The minimum Gasteiger partial charge on any atom is -0.298 e. The number of thiocarbonyl (C=S) groups is 1. The smallest absolute Gasteiger partial charge is 0.269 e. The van der Waals surface area contributed by atoms with E-state index in [2.05, 4.69) is 19.2 Å². The number of halogens is 1. The molecule has 2 amide bonds. The van der Waals surface area contributed by atoms with Crippen LogP contribution < -0.4 is 10.2 Å². The fourth-order valence-corrected chi connectivity index (χ4v) is 2.43. The monoisotopic (exact) mass is 336 g/mol. The molecule has 1 atom stereocenters. The fraction of sp³-hybridized carbons (Fsp3) is 0.312. The molecular weight excluding hydrogens is 320 g/mol. The maximum Gasteiger partial charge on any atom is 0.269 e. The summed E-state index contributed by atoms with van der Waals surface area (Å²) >= 11 is 11.0. The third kappa shape index (κ3) is 3.54. The molecule has 0 aromatic heterocycles. The number of carbonyl (C=O) groups is 2. The van der Waals surface area contributed by atoms with Crippen molar-refractivity contribution in [2.75, 3.05) is 4.90 Å². The standard InChI is InChI=1S/C16H17ClN2O2S/c1-3-10(2)4-9-13-14(20)18-16(22)19(15(13)21)12-7-5-11(17)6-8-12/h5-10H,3-4H2,1-2H3,(H,18,20,22)/b13-9-. The Balaban J connectivity index is 2.31. The van der Waals surface area contributed by atoms with Crippen molar-refractivity contribution in [3.8, 4) is 0 Å². The topological polar surface area (TPSA) is 49.4 Å². The molecule has 1 saturated heterocycles. The van der Waals surface area contributed by atoms with Gasteiger partial charge in [0.25, 0.3) is 11.8 Å². The number of nitrogens with zero attached hydrogens (tertiary/aromatic N) is 1. The quantitative estimate of drug-likeness (QED) is 0.520. The molecule has 116 valence electrons. The highest BCUT2D eigenvalue weighted by Crippen LogP contribution is 2.23. The van der Waals surface area contributed by atoms with Gasteiger partial charge in [-0.05, 0) is 48.8 Å². The zero-order valence-electron chi connectivity index (χ0n) is 12.4. The summed E-state index contributed by atoms with van der Waals surface area (Å²) in [6, 6.07) is 6.73. The Labute approximate surface area is 140 Å². The maximum absolute atomic E-state index is 12.6. The molecule has 0 saturated carbocycles. The second kappa shape index (κ2) is 7.03. The van der Waals surface area contributed by atoms with Crippen LogP contribution in [-0.4, -0.2) is 16.9 Å². The molecule has 0 spiro atoms. The van der Waals surface area contributed by atoms with Crippen LogP contribution in [0, 0.1) is 5.92 Å². The number of benzene rings is 1. The van der Waals surface area contributed by atoms with Crippen molar-refractivity contribution in [1.29, 1.82) is 0 Å². The first-order chi connectivity index (χ1) is 10.4. The molecule has 1 aliphatic rings. The van der Waals surface area contributed by atoms with E-state index in [9.17, 15) is 9.59 Å². The van der Waals surface area contributed by atoms with Crippen LogP contribution >= 0.6 is 23.8 Å². The van der Waals surface area contributed by atoms with Gasteiger partial charge >= 0.3 is 0 Å². The van der Waals surface area contributed by atoms with Crippen LogP contribution in [0.25, 0.3) is 0 Å². The Bertz CT molecular complexity index is 640. The second-order valence-corrected chi connectivity index (χ2v) is 6.07. The second-order valence-electron chi connectivity index (χ2n) is 5.24. The van der Waals surface area contributed by atoms with Crippen molar-refractivity contribution in [3.63, 3.8) is 0 Å². The van der Waals surface area contributed by atoms with Crippen LogP contribution in [0.1, 0.15) is 26.7 Å². The molecule has 0 bridgehead atoms. The first-order valence-electron chi connectivity index (χ1n) is 7.09. The Hall–Kier alpha value is -1.72. The van der Waals surface area contributed by atoms with Crippen LogP contribution in [-0.2, 0) is 9.59 Å². The van der Waals surface area contributed by atoms with Gasteiger partial charge in [0.1, 0.15) is 5.57 Å². The lowest BCUT2D eigenvalue weighted by molar-refractivity contribution is -0.122. The van der Waals surface area contributed by atoms with Crippen molar-refractivity contribution >= 4 is 46.4 Å². The van der Waals surface area contributed by atoms with E-state index in [1.807, 2.05) is 0 Å². The number of allylic oxidation sites excluding steroid dienone is 1. The van der Waals surface area contributed by atoms with E-state index in [4.69, 9.17) is 23.8 Å². The number of hydrogen-bond acceptors (Lipinski definition) is 3. The first kappa shape index (κ1) is 16.6. The van der Waals surface area contributed by atoms with Gasteiger partial charge in [0.15, 0.2) is 5.11 Å². The minimum atomic E-state index is -0.441. The lowest BCUT2D eigenvalue weighted by Gasteiger charge is -2.29.